The predicted molar refractivity (Wildman–Crippen MR) is 128 cm³/mol. The number of hydrogen-bond acceptors (Lipinski definition) is 4. The van der Waals surface area contributed by atoms with Crippen LogP contribution < -0.4 is 5.32 Å². The Kier molecular flexibility index (Phi) is 8.42. The van der Waals surface area contributed by atoms with Gasteiger partial charge in [0, 0.05) is 49.3 Å². The van der Waals surface area contributed by atoms with Gasteiger partial charge in [-0.25, -0.2) is 0 Å². The van der Waals surface area contributed by atoms with Crippen molar-refractivity contribution < 1.29 is 9.59 Å². The largest absolute Gasteiger partial charge is 0.346 e. The lowest BCUT2D eigenvalue weighted by Gasteiger charge is -2.26. The van der Waals surface area contributed by atoms with Gasteiger partial charge in [0.25, 0.3) is 5.91 Å². The SMILES string of the molecule is Cc1cc(/C=C(\C#N)C(=O)NCC(=O)N(C)CCc2ccccn2)c(C)n1C1CCCCC1. The van der Waals surface area contributed by atoms with Gasteiger partial charge < -0.3 is 14.8 Å². The van der Waals surface area contributed by atoms with E-state index in [1.165, 1.54) is 32.1 Å². The van der Waals surface area contributed by atoms with E-state index in [9.17, 15) is 14.9 Å². The number of carbonyl (C=O) groups is 2. The Morgan fingerprint density at radius 1 is 1.27 bits per heavy atom. The Hall–Kier alpha value is -3.40. The maximum atomic E-state index is 12.6. The van der Waals surface area contributed by atoms with E-state index in [1.807, 2.05) is 37.3 Å². The van der Waals surface area contributed by atoms with Crippen LogP contribution in [0.2, 0.25) is 0 Å². The van der Waals surface area contributed by atoms with Crippen LogP contribution in [-0.2, 0) is 16.0 Å². The Balaban J connectivity index is 1.59. The molecular weight excluding hydrogens is 414 g/mol. The molecule has 7 heteroatoms. The molecule has 0 bridgehead atoms. The number of likely N-dealkylation sites (N-methyl/N-ethyl adjacent to an activating group) is 1. The minimum absolute atomic E-state index is 0.00262. The quantitative estimate of drug-likeness (QED) is 0.493. The fraction of sp³-hybridized carbons (Fsp3) is 0.462. The summed E-state index contributed by atoms with van der Waals surface area (Å²) < 4.78 is 2.35. The summed E-state index contributed by atoms with van der Waals surface area (Å²) in [6, 6.07) is 10.2. The van der Waals surface area contributed by atoms with Crippen molar-refractivity contribution >= 4 is 17.9 Å². The van der Waals surface area contributed by atoms with Crippen molar-refractivity contribution in [3.63, 3.8) is 0 Å². The van der Waals surface area contributed by atoms with Crippen molar-refractivity contribution in [2.45, 2.75) is 58.4 Å². The molecule has 0 unspecified atom stereocenters. The highest BCUT2D eigenvalue weighted by Crippen LogP contribution is 2.32. The van der Waals surface area contributed by atoms with Gasteiger partial charge in [-0.3, -0.25) is 14.6 Å². The second kappa shape index (κ2) is 11.5. The minimum Gasteiger partial charge on any atom is -0.346 e. The lowest BCUT2D eigenvalue weighted by molar-refractivity contribution is -0.131. The molecule has 174 valence electrons. The molecule has 0 radical (unpaired) electrons. The van der Waals surface area contributed by atoms with Crippen LogP contribution in [0.15, 0.2) is 36.0 Å². The first-order valence-corrected chi connectivity index (χ1v) is 11.6. The normalized spacial score (nSPS) is 14.5. The smallest absolute Gasteiger partial charge is 0.262 e. The number of pyridine rings is 1. The average molecular weight is 448 g/mol. The third kappa shape index (κ3) is 6.32. The lowest BCUT2D eigenvalue weighted by Crippen LogP contribution is -2.39. The lowest BCUT2D eigenvalue weighted by atomic mass is 9.95. The van der Waals surface area contributed by atoms with Crippen molar-refractivity contribution in [3.8, 4) is 6.07 Å². The zero-order valence-electron chi connectivity index (χ0n) is 19.8. The first-order valence-electron chi connectivity index (χ1n) is 11.6. The van der Waals surface area contributed by atoms with E-state index in [0.29, 0.717) is 19.0 Å². The van der Waals surface area contributed by atoms with Crippen LogP contribution in [0, 0.1) is 25.2 Å². The summed E-state index contributed by atoms with van der Waals surface area (Å²) in [6.45, 7) is 4.46. The van der Waals surface area contributed by atoms with Crippen molar-refractivity contribution in [3.05, 3.63) is 58.7 Å². The van der Waals surface area contributed by atoms with Gasteiger partial charge in [-0.05, 0) is 56.5 Å². The summed E-state index contributed by atoms with van der Waals surface area (Å²) in [4.78, 5) is 30.8. The molecule has 0 atom stereocenters. The van der Waals surface area contributed by atoms with Crippen LogP contribution in [0.5, 0.6) is 0 Å². The number of carbonyl (C=O) groups excluding carboxylic acids is 2. The van der Waals surface area contributed by atoms with Gasteiger partial charge in [-0.2, -0.15) is 5.26 Å². The van der Waals surface area contributed by atoms with E-state index in [1.54, 1.807) is 24.2 Å². The highest BCUT2D eigenvalue weighted by Gasteiger charge is 2.20. The van der Waals surface area contributed by atoms with E-state index in [-0.39, 0.29) is 18.0 Å². The standard InChI is InChI=1S/C26H33N5O2/c1-19-15-21(20(2)31(19)24-10-5-4-6-11-24)16-22(17-27)26(33)29-18-25(32)30(3)14-12-23-9-7-8-13-28-23/h7-9,13,15-16,24H,4-6,10-12,14,18H2,1-3H3,(H,29,33)/b22-16+. The number of nitriles is 1. The molecule has 2 aromatic rings. The van der Waals surface area contributed by atoms with Gasteiger partial charge >= 0.3 is 0 Å². The van der Waals surface area contributed by atoms with Crippen LogP contribution >= 0.6 is 0 Å². The molecule has 3 rings (SSSR count). The second-order valence-electron chi connectivity index (χ2n) is 8.73. The van der Waals surface area contributed by atoms with Crippen LogP contribution in [-0.4, -0.2) is 46.4 Å². The number of rotatable bonds is 8. The topological polar surface area (TPSA) is 91.0 Å². The van der Waals surface area contributed by atoms with E-state index in [2.05, 4.69) is 21.8 Å². The summed E-state index contributed by atoms with van der Waals surface area (Å²) in [5.41, 5.74) is 4.01. The van der Waals surface area contributed by atoms with Crippen LogP contribution in [0.4, 0.5) is 0 Å². The Morgan fingerprint density at radius 2 is 2.03 bits per heavy atom. The van der Waals surface area contributed by atoms with E-state index in [0.717, 1.165) is 22.6 Å². The van der Waals surface area contributed by atoms with Crippen LogP contribution in [0.3, 0.4) is 0 Å². The molecule has 7 nitrogen and oxygen atoms in total. The van der Waals surface area contributed by atoms with Crippen LogP contribution in [0.25, 0.3) is 6.08 Å². The molecule has 0 aromatic carbocycles. The zero-order valence-corrected chi connectivity index (χ0v) is 19.8. The zero-order chi connectivity index (χ0) is 23.8. The first kappa shape index (κ1) is 24.2. The molecule has 2 heterocycles. The molecule has 1 N–H and O–H groups in total. The Labute approximate surface area is 196 Å². The third-order valence-electron chi connectivity index (χ3n) is 6.38. The Morgan fingerprint density at radius 3 is 2.70 bits per heavy atom. The monoisotopic (exact) mass is 447 g/mol. The predicted octanol–water partition coefficient (Wildman–Crippen LogP) is 3.73. The summed E-state index contributed by atoms with van der Waals surface area (Å²) in [7, 11) is 1.69. The molecular formula is C26H33N5O2. The molecule has 1 aliphatic carbocycles. The molecule has 2 aromatic heterocycles. The molecule has 0 spiro atoms. The highest BCUT2D eigenvalue weighted by molar-refractivity contribution is 6.03. The molecule has 1 aliphatic rings. The first-order chi connectivity index (χ1) is 15.9. The number of nitrogens with zero attached hydrogens (tertiary/aromatic N) is 4. The number of hydrogen-bond donors (Lipinski definition) is 1. The van der Waals surface area contributed by atoms with Gasteiger partial charge in [-0.1, -0.05) is 25.3 Å². The maximum absolute atomic E-state index is 12.6. The van der Waals surface area contributed by atoms with E-state index >= 15 is 0 Å². The number of amides is 2. The molecule has 33 heavy (non-hydrogen) atoms. The second-order valence-corrected chi connectivity index (χ2v) is 8.73. The van der Waals surface area contributed by atoms with Crippen LogP contribution in [0.1, 0.15) is 60.8 Å². The molecule has 0 aliphatic heterocycles. The highest BCUT2D eigenvalue weighted by atomic mass is 16.2. The number of nitrogens with one attached hydrogen (secondary N) is 1. The fourth-order valence-corrected chi connectivity index (χ4v) is 4.49. The van der Waals surface area contributed by atoms with Gasteiger partial charge in [-0.15, -0.1) is 0 Å². The van der Waals surface area contributed by atoms with Gasteiger partial charge in [0.1, 0.15) is 11.6 Å². The van der Waals surface area contributed by atoms with Gasteiger partial charge in [0.15, 0.2) is 0 Å². The van der Waals surface area contributed by atoms with Gasteiger partial charge in [0.2, 0.25) is 5.91 Å². The van der Waals surface area contributed by atoms with Crippen molar-refractivity contribution in [1.29, 1.82) is 5.26 Å². The summed E-state index contributed by atoms with van der Waals surface area (Å²) in [6.07, 6.45) is 10.1. The maximum Gasteiger partial charge on any atom is 0.262 e. The molecule has 1 saturated carbocycles. The van der Waals surface area contributed by atoms with E-state index < -0.39 is 5.91 Å². The minimum atomic E-state index is -0.536. The molecule has 1 fully saturated rings. The van der Waals surface area contributed by atoms with Gasteiger partial charge in [0.05, 0.1) is 6.54 Å². The van der Waals surface area contributed by atoms with Crippen molar-refractivity contribution in [2.24, 2.45) is 0 Å². The Bertz CT molecular complexity index is 1040. The van der Waals surface area contributed by atoms with E-state index in [4.69, 9.17) is 0 Å². The summed E-state index contributed by atoms with van der Waals surface area (Å²) in [5.74, 6) is -0.751. The average Bonchev–Trinajstić information content (AvgIpc) is 3.12. The number of aromatic nitrogens is 2. The summed E-state index contributed by atoms with van der Waals surface area (Å²) in [5, 5.41) is 12.2. The van der Waals surface area contributed by atoms with Crippen molar-refractivity contribution in [1.82, 2.24) is 19.8 Å². The number of aryl methyl sites for hydroxylation is 1. The third-order valence-corrected chi connectivity index (χ3v) is 6.38. The van der Waals surface area contributed by atoms with Crippen molar-refractivity contribution in [2.75, 3.05) is 20.1 Å². The summed E-state index contributed by atoms with van der Waals surface area (Å²) >= 11 is 0. The fourth-order valence-electron chi connectivity index (χ4n) is 4.49. The molecule has 0 saturated heterocycles. The molecule has 2 amide bonds.